The second-order valence-corrected chi connectivity index (χ2v) is 8.05. The van der Waals surface area contributed by atoms with Gasteiger partial charge in [0.1, 0.15) is 6.54 Å². The third-order valence-electron chi connectivity index (χ3n) is 5.80. The summed E-state index contributed by atoms with van der Waals surface area (Å²) in [6, 6.07) is 14.1. The van der Waals surface area contributed by atoms with Crippen molar-refractivity contribution in [2.45, 2.75) is 13.8 Å². The van der Waals surface area contributed by atoms with Crippen LogP contribution in [0.2, 0.25) is 0 Å². The van der Waals surface area contributed by atoms with E-state index in [0.29, 0.717) is 17.8 Å². The molecule has 0 bridgehead atoms. The summed E-state index contributed by atoms with van der Waals surface area (Å²) >= 11 is 0. The number of hydrogen-bond acceptors (Lipinski definition) is 7. The van der Waals surface area contributed by atoms with Crippen LogP contribution in [0.25, 0.3) is 22.2 Å². The van der Waals surface area contributed by atoms with Crippen LogP contribution < -0.4 is 4.90 Å². The minimum absolute atomic E-state index is 0.00671. The summed E-state index contributed by atoms with van der Waals surface area (Å²) in [6.07, 6.45) is 0. The molecule has 4 rings (SSSR count). The fraction of sp³-hybridized carbons (Fsp3) is 0.280. The van der Waals surface area contributed by atoms with Crippen molar-refractivity contribution in [3.05, 3.63) is 54.1 Å². The molecule has 2 aromatic carbocycles. The molecule has 3 aromatic rings. The molecular weight excluding hydrogens is 450 g/mol. The van der Waals surface area contributed by atoms with Gasteiger partial charge in [0.2, 0.25) is 5.95 Å². The number of hydrogen-bond donors (Lipinski definition) is 0. The van der Waals surface area contributed by atoms with E-state index in [2.05, 4.69) is 9.97 Å². The number of fused-ring (bicyclic) bond motifs is 1. The highest BCUT2D eigenvalue weighted by Crippen LogP contribution is 2.29. The zero-order valence-electron chi connectivity index (χ0n) is 19.7. The number of imide groups is 1. The molecule has 0 saturated carbocycles. The van der Waals surface area contributed by atoms with Gasteiger partial charge in [0.15, 0.2) is 0 Å². The lowest BCUT2D eigenvalue weighted by atomic mass is 10.0. The molecular formula is C25H25N5O5. The molecule has 1 aliphatic heterocycles. The van der Waals surface area contributed by atoms with E-state index >= 15 is 0 Å². The van der Waals surface area contributed by atoms with E-state index in [-0.39, 0.29) is 19.0 Å². The second-order valence-electron chi connectivity index (χ2n) is 8.05. The zero-order valence-corrected chi connectivity index (χ0v) is 19.7. The maximum absolute atomic E-state index is 13.5. The predicted molar refractivity (Wildman–Crippen MR) is 128 cm³/mol. The molecule has 10 nitrogen and oxygen atoms in total. The van der Waals surface area contributed by atoms with E-state index < -0.39 is 30.4 Å². The van der Waals surface area contributed by atoms with Crippen molar-refractivity contribution < 1.29 is 23.9 Å². The summed E-state index contributed by atoms with van der Waals surface area (Å²) in [6.45, 7) is 3.72. The number of carbonyl (C=O) groups is 4. The lowest BCUT2D eigenvalue weighted by Crippen LogP contribution is -2.59. The molecule has 35 heavy (non-hydrogen) atoms. The first-order chi connectivity index (χ1) is 16.8. The number of nitrogens with zero attached hydrogens (tertiary/aromatic N) is 5. The summed E-state index contributed by atoms with van der Waals surface area (Å²) < 4.78 is 4.77. The van der Waals surface area contributed by atoms with Crippen LogP contribution in [0.3, 0.4) is 0 Å². The fourth-order valence-electron chi connectivity index (χ4n) is 3.89. The molecule has 180 valence electrons. The number of methoxy groups -OCH3 is 1. The molecule has 1 aliphatic rings. The lowest BCUT2D eigenvalue weighted by molar-refractivity contribution is -0.153. The molecule has 1 saturated heterocycles. The normalized spacial score (nSPS) is 13.8. The van der Waals surface area contributed by atoms with E-state index in [9.17, 15) is 19.2 Å². The third kappa shape index (κ3) is 4.68. The van der Waals surface area contributed by atoms with E-state index in [1.807, 2.05) is 49.4 Å². The van der Waals surface area contributed by atoms with E-state index in [1.165, 1.54) is 12.0 Å². The summed E-state index contributed by atoms with van der Waals surface area (Å²) in [5, 5.41) is 0.772. The number of carbonyl (C=O) groups excluding carboxylic acids is 4. The molecule has 0 unspecified atom stereocenters. The van der Waals surface area contributed by atoms with Crippen LogP contribution in [0.1, 0.15) is 12.5 Å². The van der Waals surface area contributed by atoms with Crippen LogP contribution >= 0.6 is 0 Å². The van der Waals surface area contributed by atoms with Gasteiger partial charge in [-0.15, -0.1) is 0 Å². The zero-order chi connectivity index (χ0) is 25.1. The van der Waals surface area contributed by atoms with Crippen molar-refractivity contribution in [1.29, 1.82) is 0 Å². The van der Waals surface area contributed by atoms with Crippen molar-refractivity contribution in [2.24, 2.45) is 0 Å². The standard InChI is InChI=1S/C25H25N5O5/c1-4-28-12-13-29(23(33)22(28)32)25(34)30(15-20(31)35-3)24-26-19-11-10-16(2)14-18(19)21(27-24)17-8-6-5-7-9-17/h5-11,14H,4,12-13,15H2,1-3H3. The number of urea groups is 1. The van der Waals surface area contributed by atoms with Gasteiger partial charge < -0.3 is 9.64 Å². The molecule has 0 N–H and O–H groups in total. The van der Waals surface area contributed by atoms with Gasteiger partial charge in [0, 0.05) is 30.6 Å². The SMILES string of the molecule is CCN1CCN(C(=O)N(CC(=O)OC)c2nc(-c3ccccc3)c3cc(C)ccc3n2)C(=O)C1=O. The Morgan fingerprint density at radius 1 is 1.03 bits per heavy atom. The Kier molecular flexibility index (Phi) is 6.72. The lowest BCUT2D eigenvalue weighted by Gasteiger charge is -2.34. The summed E-state index contributed by atoms with van der Waals surface area (Å²) in [5.41, 5.74) is 2.92. The molecule has 0 atom stereocenters. The van der Waals surface area contributed by atoms with Gasteiger partial charge in [0.05, 0.1) is 18.3 Å². The highest BCUT2D eigenvalue weighted by molar-refractivity contribution is 6.38. The van der Waals surface area contributed by atoms with Gasteiger partial charge >= 0.3 is 23.8 Å². The van der Waals surface area contributed by atoms with Crippen molar-refractivity contribution in [3.63, 3.8) is 0 Å². The number of aryl methyl sites for hydroxylation is 1. The average molecular weight is 476 g/mol. The van der Waals surface area contributed by atoms with E-state index in [1.54, 1.807) is 13.0 Å². The van der Waals surface area contributed by atoms with Crippen LogP contribution in [-0.4, -0.2) is 76.9 Å². The van der Waals surface area contributed by atoms with Gasteiger partial charge in [0.25, 0.3) is 0 Å². The molecule has 0 radical (unpaired) electrons. The second kappa shape index (κ2) is 9.88. The maximum Gasteiger partial charge on any atom is 0.334 e. The number of benzene rings is 2. The first-order valence-corrected chi connectivity index (χ1v) is 11.2. The molecule has 0 aliphatic carbocycles. The third-order valence-corrected chi connectivity index (χ3v) is 5.80. The molecule has 1 fully saturated rings. The van der Waals surface area contributed by atoms with Crippen LogP contribution in [0.5, 0.6) is 0 Å². The van der Waals surface area contributed by atoms with Crippen molar-refractivity contribution >= 4 is 40.7 Å². The Bertz CT molecular complexity index is 1310. The minimum atomic E-state index is -0.960. The van der Waals surface area contributed by atoms with Crippen LogP contribution in [0, 0.1) is 6.92 Å². The van der Waals surface area contributed by atoms with Crippen LogP contribution in [0.15, 0.2) is 48.5 Å². The van der Waals surface area contributed by atoms with Gasteiger partial charge in [-0.25, -0.2) is 14.8 Å². The van der Waals surface area contributed by atoms with Crippen molar-refractivity contribution in [2.75, 3.05) is 38.2 Å². The van der Waals surface area contributed by atoms with Crippen LogP contribution in [0.4, 0.5) is 10.7 Å². The highest BCUT2D eigenvalue weighted by Gasteiger charge is 2.39. The van der Waals surface area contributed by atoms with Crippen LogP contribution in [-0.2, 0) is 19.1 Å². The largest absolute Gasteiger partial charge is 0.468 e. The Balaban J connectivity index is 1.83. The van der Waals surface area contributed by atoms with Gasteiger partial charge in [-0.1, -0.05) is 42.0 Å². The van der Waals surface area contributed by atoms with E-state index in [4.69, 9.17) is 4.74 Å². The van der Waals surface area contributed by atoms with Gasteiger partial charge in [-0.2, -0.15) is 0 Å². The summed E-state index contributed by atoms with van der Waals surface area (Å²) in [4.78, 5) is 63.2. The Morgan fingerprint density at radius 3 is 2.46 bits per heavy atom. The molecule has 0 spiro atoms. The number of amides is 4. The summed E-state index contributed by atoms with van der Waals surface area (Å²) in [5.74, 6) is -2.53. The number of anilines is 1. The quantitative estimate of drug-likeness (QED) is 0.411. The number of likely N-dealkylation sites (N-methyl/N-ethyl adjacent to an activating group) is 1. The predicted octanol–water partition coefficient (Wildman–Crippen LogP) is 2.40. The smallest absolute Gasteiger partial charge is 0.334 e. The first kappa shape index (κ1) is 23.8. The van der Waals surface area contributed by atoms with Gasteiger partial charge in [-0.3, -0.25) is 24.2 Å². The highest BCUT2D eigenvalue weighted by atomic mass is 16.5. The first-order valence-electron chi connectivity index (χ1n) is 11.2. The van der Waals surface area contributed by atoms with Crippen molar-refractivity contribution in [1.82, 2.24) is 19.8 Å². The molecule has 4 amide bonds. The number of piperazine rings is 1. The topological polar surface area (TPSA) is 113 Å². The Labute approximate surface area is 202 Å². The average Bonchev–Trinajstić information content (AvgIpc) is 2.88. The number of rotatable bonds is 5. The van der Waals surface area contributed by atoms with E-state index in [0.717, 1.165) is 26.3 Å². The molecule has 10 heteroatoms. The minimum Gasteiger partial charge on any atom is -0.468 e. The molecule has 2 heterocycles. The summed E-state index contributed by atoms with van der Waals surface area (Å²) in [7, 11) is 1.19. The number of esters is 1. The number of ether oxygens (including phenoxy) is 1. The Hall–Kier alpha value is -4.34. The Morgan fingerprint density at radius 2 is 1.77 bits per heavy atom. The van der Waals surface area contributed by atoms with Gasteiger partial charge in [-0.05, 0) is 26.0 Å². The number of aromatic nitrogens is 2. The fourth-order valence-corrected chi connectivity index (χ4v) is 3.89. The maximum atomic E-state index is 13.5. The molecule has 1 aromatic heterocycles. The van der Waals surface area contributed by atoms with Crippen molar-refractivity contribution in [3.8, 4) is 11.3 Å². The monoisotopic (exact) mass is 475 g/mol.